The molecule has 3 aromatic heterocycles. The van der Waals surface area contributed by atoms with Gasteiger partial charge in [-0.3, -0.25) is 9.78 Å². The molecule has 0 radical (unpaired) electrons. The first kappa shape index (κ1) is 18.2. The Balaban J connectivity index is 1.41. The lowest BCUT2D eigenvalue weighted by Crippen LogP contribution is -2.46. The van der Waals surface area contributed by atoms with E-state index in [2.05, 4.69) is 26.9 Å². The topological polar surface area (TPSA) is 76.4 Å². The molecule has 5 heterocycles. The van der Waals surface area contributed by atoms with Gasteiger partial charge in [-0.15, -0.1) is 0 Å². The highest BCUT2D eigenvalue weighted by atomic mass is 16.5. The summed E-state index contributed by atoms with van der Waals surface area (Å²) >= 11 is 0. The number of ether oxygens (including phenoxy) is 1. The van der Waals surface area contributed by atoms with Gasteiger partial charge < -0.3 is 19.1 Å². The molecule has 0 saturated carbocycles. The fourth-order valence-electron chi connectivity index (χ4n) is 4.34. The van der Waals surface area contributed by atoms with Gasteiger partial charge in [0.2, 0.25) is 0 Å². The van der Waals surface area contributed by atoms with Crippen molar-refractivity contribution < 1.29 is 9.53 Å². The third-order valence-electron chi connectivity index (χ3n) is 5.67. The third-order valence-corrected chi connectivity index (χ3v) is 5.67. The van der Waals surface area contributed by atoms with E-state index in [4.69, 9.17) is 4.74 Å². The maximum Gasteiger partial charge on any atom is 0.255 e. The van der Waals surface area contributed by atoms with E-state index in [1.165, 1.54) is 0 Å². The van der Waals surface area contributed by atoms with E-state index < -0.39 is 0 Å². The molecule has 2 bridgehead atoms. The molecule has 2 fully saturated rings. The molecule has 5 rings (SSSR count). The second-order valence-corrected chi connectivity index (χ2v) is 8.00. The van der Waals surface area contributed by atoms with Gasteiger partial charge >= 0.3 is 0 Å². The van der Waals surface area contributed by atoms with Crippen molar-refractivity contribution in [3.63, 3.8) is 0 Å². The van der Waals surface area contributed by atoms with Crippen molar-refractivity contribution in [2.24, 2.45) is 5.92 Å². The lowest BCUT2D eigenvalue weighted by atomic mass is 10.1. The molecular formula is C21H24N6O2. The fourth-order valence-corrected chi connectivity index (χ4v) is 4.34. The van der Waals surface area contributed by atoms with Crippen molar-refractivity contribution in [1.29, 1.82) is 0 Å². The number of carbonyl (C=O) groups excluding carboxylic acids is 1. The van der Waals surface area contributed by atoms with Gasteiger partial charge in [0.25, 0.3) is 5.91 Å². The quantitative estimate of drug-likeness (QED) is 0.668. The van der Waals surface area contributed by atoms with E-state index in [1.54, 1.807) is 18.7 Å². The lowest BCUT2D eigenvalue weighted by molar-refractivity contribution is 0.0483. The molecule has 8 heteroatoms. The smallest absolute Gasteiger partial charge is 0.255 e. The van der Waals surface area contributed by atoms with Crippen LogP contribution in [0.2, 0.25) is 0 Å². The minimum absolute atomic E-state index is 0.00877. The Kier molecular flexibility index (Phi) is 4.73. The second kappa shape index (κ2) is 7.53. The standard InChI is InChI=1S/C21H24N6O2/c1-25-8-15-9-27(18(11-25)13-29-12-15)21(28)16-6-19-20(23-7-16)26(14-24-19)10-17-4-2-3-5-22-17/h2-7,14-15,18H,8-13H2,1H3/t15-,18-/m0/s1. The van der Waals surface area contributed by atoms with Crippen LogP contribution in [0.3, 0.4) is 0 Å². The van der Waals surface area contributed by atoms with Crippen molar-refractivity contribution in [1.82, 2.24) is 29.3 Å². The molecule has 2 saturated heterocycles. The number of rotatable bonds is 3. The minimum Gasteiger partial charge on any atom is -0.379 e. The number of pyridine rings is 2. The van der Waals surface area contributed by atoms with Crippen molar-refractivity contribution in [3.05, 3.63) is 54.2 Å². The largest absolute Gasteiger partial charge is 0.379 e. The zero-order valence-electron chi connectivity index (χ0n) is 16.4. The summed E-state index contributed by atoms with van der Waals surface area (Å²) in [6.45, 7) is 4.39. The van der Waals surface area contributed by atoms with Gasteiger partial charge in [-0.05, 0) is 25.2 Å². The van der Waals surface area contributed by atoms with E-state index >= 15 is 0 Å². The summed E-state index contributed by atoms with van der Waals surface area (Å²) in [7, 11) is 2.11. The van der Waals surface area contributed by atoms with Crippen LogP contribution in [0.25, 0.3) is 11.2 Å². The second-order valence-electron chi connectivity index (χ2n) is 8.00. The molecule has 0 spiro atoms. The fraction of sp³-hybridized carbons (Fsp3) is 0.429. The maximum absolute atomic E-state index is 13.3. The molecule has 8 nitrogen and oxygen atoms in total. The van der Waals surface area contributed by atoms with Crippen LogP contribution in [0, 0.1) is 5.92 Å². The monoisotopic (exact) mass is 392 g/mol. The zero-order valence-corrected chi connectivity index (χ0v) is 16.4. The molecule has 3 aromatic rings. The molecule has 2 aliphatic heterocycles. The SMILES string of the molecule is CN1C[C@@H]2COC[C@H](C1)N(C(=O)c1cnc3c(c1)ncn3Cc1ccccn1)C2. The number of nitrogens with zero attached hydrogens (tertiary/aromatic N) is 6. The average Bonchev–Trinajstić information content (AvgIpc) is 2.90. The van der Waals surface area contributed by atoms with Gasteiger partial charge in [-0.2, -0.15) is 0 Å². The van der Waals surface area contributed by atoms with Gasteiger partial charge in [0.05, 0.1) is 43.4 Å². The number of likely N-dealkylation sites (N-methyl/N-ethyl adjacent to an activating group) is 1. The van der Waals surface area contributed by atoms with Crippen LogP contribution in [0.15, 0.2) is 43.0 Å². The Morgan fingerprint density at radius 1 is 1.17 bits per heavy atom. The molecule has 0 aromatic carbocycles. The summed E-state index contributed by atoms with van der Waals surface area (Å²) in [6.07, 6.45) is 5.19. The zero-order chi connectivity index (χ0) is 19.8. The molecular weight excluding hydrogens is 368 g/mol. The Morgan fingerprint density at radius 3 is 2.97 bits per heavy atom. The highest BCUT2D eigenvalue weighted by molar-refractivity contribution is 5.96. The number of hydrogen-bond donors (Lipinski definition) is 0. The van der Waals surface area contributed by atoms with E-state index in [-0.39, 0.29) is 11.9 Å². The molecule has 1 amide bonds. The molecule has 150 valence electrons. The minimum atomic E-state index is 0.00877. The molecule has 0 unspecified atom stereocenters. The van der Waals surface area contributed by atoms with Crippen LogP contribution in [0.4, 0.5) is 0 Å². The number of aromatic nitrogens is 4. The third kappa shape index (κ3) is 3.61. The first-order chi connectivity index (χ1) is 14.2. The van der Waals surface area contributed by atoms with Crippen molar-refractivity contribution in [3.8, 4) is 0 Å². The summed E-state index contributed by atoms with van der Waals surface area (Å²) in [4.78, 5) is 31.0. The molecule has 0 aliphatic carbocycles. The number of fused-ring (bicyclic) bond motifs is 4. The first-order valence-electron chi connectivity index (χ1n) is 9.95. The molecule has 2 atom stereocenters. The van der Waals surface area contributed by atoms with E-state index in [0.29, 0.717) is 31.2 Å². The lowest BCUT2D eigenvalue weighted by Gasteiger charge is -2.29. The summed E-state index contributed by atoms with van der Waals surface area (Å²) in [5.74, 6) is 0.347. The molecule has 2 aliphatic rings. The highest BCUT2D eigenvalue weighted by Gasteiger charge is 2.35. The Bertz CT molecular complexity index is 1020. The van der Waals surface area contributed by atoms with E-state index in [1.807, 2.05) is 33.7 Å². The van der Waals surface area contributed by atoms with Gasteiger partial charge in [-0.25, -0.2) is 9.97 Å². The van der Waals surface area contributed by atoms with Crippen LogP contribution < -0.4 is 0 Å². The number of hydrogen-bond acceptors (Lipinski definition) is 6. The van der Waals surface area contributed by atoms with Crippen molar-refractivity contribution in [2.75, 3.05) is 39.9 Å². The predicted octanol–water partition coefficient (Wildman–Crippen LogP) is 1.28. The van der Waals surface area contributed by atoms with Crippen LogP contribution in [0.5, 0.6) is 0 Å². The Hall–Kier alpha value is -2.84. The van der Waals surface area contributed by atoms with E-state index in [9.17, 15) is 4.79 Å². The van der Waals surface area contributed by atoms with Crippen LogP contribution >= 0.6 is 0 Å². The van der Waals surface area contributed by atoms with Crippen molar-refractivity contribution >= 4 is 17.1 Å². The number of carbonyl (C=O) groups is 1. The Labute approximate surface area is 169 Å². The summed E-state index contributed by atoms with van der Waals surface area (Å²) in [6, 6.07) is 7.74. The maximum atomic E-state index is 13.3. The van der Waals surface area contributed by atoms with Gasteiger partial charge in [0, 0.05) is 37.9 Å². The molecule has 29 heavy (non-hydrogen) atoms. The predicted molar refractivity (Wildman–Crippen MR) is 107 cm³/mol. The highest BCUT2D eigenvalue weighted by Crippen LogP contribution is 2.22. The first-order valence-corrected chi connectivity index (χ1v) is 9.95. The van der Waals surface area contributed by atoms with Gasteiger partial charge in [0.15, 0.2) is 5.65 Å². The molecule has 0 N–H and O–H groups in total. The Morgan fingerprint density at radius 2 is 2.10 bits per heavy atom. The van der Waals surface area contributed by atoms with Crippen LogP contribution in [-0.4, -0.2) is 81.2 Å². The van der Waals surface area contributed by atoms with E-state index in [0.717, 1.165) is 36.5 Å². The normalized spacial score (nSPS) is 22.6. The van der Waals surface area contributed by atoms with Gasteiger partial charge in [-0.1, -0.05) is 6.07 Å². The van der Waals surface area contributed by atoms with Crippen molar-refractivity contribution in [2.45, 2.75) is 12.6 Å². The summed E-state index contributed by atoms with van der Waals surface area (Å²) < 4.78 is 7.75. The van der Waals surface area contributed by atoms with Crippen LogP contribution in [0.1, 0.15) is 16.1 Å². The average molecular weight is 392 g/mol. The number of imidazole rings is 1. The number of amides is 1. The van der Waals surface area contributed by atoms with Gasteiger partial charge in [0.1, 0.15) is 5.52 Å². The van der Waals surface area contributed by atoms with Crippen LogP contribution in [-0.2, 0) is 11.3 Å². The summed E-state index contributed by atoms with van der Waals surface area (Å²) in [5.41, 5.74) is 2.99. The summed E-state index contributed by atoms with van der Waals surface area (Å²) in [5, 5.41) is 0.